The number of benzene rings is 1. The monoisotopic (exact) mass is 480 g/mol. The summed E-state index contributed by atoms with van der Waals surface area (Å²) in [6, 6.07) is 3.96. The summed E-state index contributed by atoms with van der Waals surface area (Å²) in [5.41, 5.74) is -0.426. The van der Waals surface area contributed by atoms with Crippen LogP contribution in [0, 0.1) is 6.92 Å². The fourth-order valence-corrected chi connectivity index (χ4v) is 4.49. The number of aliphatic hydroxyl groups is 1. The second-order valence-electron chi connectivity index (χ2n) is 6.91. The third kappa shape index (κ3) is 5.16. The van der Waals surface area contributed by atoms with Crippen LogP contribution in [0.5, 0.6) is 0 Å². The molecule has 0 bridgehead atoms. The molecule has 0 amide bonds. The molecule has 0 spiro atoms. The van der Waals surface area contributed by atoms with Gasteiger partial charge in [-0.05, 0) is 24.1 Å². The molecule has 0 aliphatic carbocycles. The summed E-state index contributed by atoms with van der Waals surface area (Å²) in [6.07, 6.45) is -4.47. The van der Waals surface area contributed by atoms with Crippen molar-refractivity contribution in [3.05, 3.63) is 51.1 Å². The largest absolute Gasteiger partial charge is 1.00 e. The van der Waals surface area contributed by atoms with E-state index in [0.29, 0.717) is 47.3 Å². The Kier molecular flexibility index (Phi) is 8.84. The number of alkyl halides is 3. The first kappa shape index (κ1) is 26.7. The third-order valence-electron chi connectivity index (χ3n) is 5.09. The summed E-state index contributed by atoms with van der Waals surface area (Å²) in [7, 11) is 0. The topological polar surface area (TPSA) is 110 Å². The van der Waals surface area contributed by atoms with E-state index < -0.39 is 23.9 Å². The Balaban J connectivity index is 0.00000181. The number of ether oxygens (including phenoxy) is 1. The fourth-order valence-electron chi connectivity index (χ4n) is 3.48. The van der Waals surface area contributed by atoms with E-state index in [1.54, 1.807) is 6.07 Å². The van der Waals surface area contributed by atoms with Gasteiger partial charge in [-0.25, -0.2) is 4.98 Å². The predicted octanol–water partition coefficient (Wildman–Crippen LogP) is -0.615. The minimum atomic E-state index is -4.47. The summed E-state index contributed by atoms with van der Waals surface area (Å²) in [4.78, 5) is 23.0. The van der Waals surface area contributed by atoms with Gasteiger partial charge in [0.15, 0.2) is 10.8 Å². The number of thiazole rings is 1. The SMILES string of the molecule is Cc1c(Cn2c(CO)nc(=O)c3sc(N4CCOCC4)nc32)cccc1C(F)(F)F.[Na+].[OH-]. The summed E-state index contributed by atoms with van der Waals surface area (Å²) >= 11 is 1.19. The van der Waals surface area contributed by atoms with E-state index in [0.717, 1.165) is 6.07 Å². The molecule has 4 rings (SSSR count). The van der Waals surface area contributed by atoms with E-state index >= 15 is 0 Å². The van der Waals surface area contributed by atoms with Crippen molar-refractivity contribution < 1.29 is 58.0 Å². The number of morpholine rings is 1. The van der Waals surface area contributed by atoms with Crippen molar-refractivity contribution >= 4 is 26.8 Å². The minimum absolute atomic E-state index is 0. The molecule has 3 aromatic rings. The fraction of sp³-hybridized carbons (Fsp3) is 0.421. The summed E-state index contributed by atoms with van der Waals surface area (Å²) in [6.45, 7) is 3.22. The molecule has 8 nitrogen and oxygen atoms in total. The van der Waals surface area contributed by atoms with E-state index in [9.17, 15) is 23.1 Å². The van der Waals surface area contributed by atoms with Gasteiger partial charge in [0, 0.05) is 13.1 Å². The van der Waals surface area contributed by atoms with Crippen LogP contribution >= 0.6 is 11.3 Å². The maximum absolute atomic E-state index is 13.3. The molecular formula is C19H20F3N4NaO4S. The Morgan fingerprint density at radius 1 is 1.22 bits per heavy atom. The van der Waals surface area contributed by atoms with Crippen LogP contribution < -0.4 is 40.0 Å². The van der Waals surface area contributed by atoms with Crippen LogP contribution in [-0.2, 0) is 24.1 Å². The zero-order valence-electron chi connectivity index (χ0n) is 17.5. The van der Waals surface area contributed by atoms with E-state index in [4.69, 9.17) is 4.74 Å². The van der Waals surface area contributed by atoms with Crippen LogP contribution in [0.2, 0.25) is 0 Å². The number of hydrogen-bond donors (Lipinski definition) is 1. The minimum Gasteiger partial charge on any atom is -0.870 e. The second kappa shape index (κ2) is 10.6. The number of hydrogen-bond acceptors (Lipinski definition) is 8. The molecule has 168 valence electrons. The van der Waals surface area contributed by atoms with E-state index in [1.807, 2.05) is 4.90 Å². The van der Waals surface area contributed by atoms with Gasteiger partial charge >= 0.3 is 35.7 Å². The van der Waals surface area contributed by atoms with Crippen molar-refractivity contribution in [3.63, 3.8) is 0 Å². The summed E-state index contributed by atoms with van der Waals surface area (Å²) < 4.78 is 47.1. The first-order valence-electron chi connectivity index (χ1n) is 9.29. The van der Waals surface area contributed by atoms with Crippen molar-refractivity contribution in [1.82, 2.24) is 14.5 Å². The van der Waals surface area contributed by atoms with Gasteiger partial charge in [0.05, 0.1) is 25.3 Å². The molecule has 1 aromatic carbocycles. The van der Waals surface area contributed by atoms with Crippen molar-refractivity contribution in [2.75, 3.05) is 31.2 Å². The third-order valence-corrected chi connectivity index (χ3v) is 6.19. The van der Waals surface area contributed by atoms with Gasteiger partial charge in [-0.2, -0.15) is 18.2 Å². The number of nitrogens with zero attached hydrogens (tertiary/aromatic N) is 4. The van der Waals surface area contributed by atoms with Crippen LogP contribution in [0.4, 0.5) is 18.3 Å². The Morgan fingerprint density at radius 2 is 1.91 bits per heavy atom. The van der Waals surface area contributed by atoms with Crippen LogP contribution in [0.25, 0.3) is 10.3 Å². The Bertz CT molecular complexity index is 1150. The maximum atomic E-state index is 13.3. The predicted molar refractivity (Wildman–Crippen MR) is 108 cm³/mol. The number of fused-ring (bicyclic) bond motifs is 1. The molecule has 0 radical (unpaired) electrons. The number of aliphatic hydroxyl groups excluding tert-OH is 1. The molecule has 3 heterocycles. The molecule has 0 atom stereocenters. The molecule has 1 aliphatic heterocycles. The zero-order valence-corrected chi connectivity index (χ0v) is 20.3. The molecule has 1 aliphatic rings. The zero-order chi connectivity index (χ0) is 21.5. The van der Waals surface area contributed by atoms with E-state index in [1.165, 1.54) is 28.9 Å². The van der Waals surface area contributed by atoms with Crippen molar-refractivity contribution in [3.8, 4) is 0 Å². The molecule has 0 unspecified atom stereocenters. The van der Waals surface area contributed by atoms with Gasteiger partial charge in [0.2, 0.25) is 0 Å². The second-order valence-corrected chi connectivity index (χ2v) is 7.89. The summed E-state index contributed by atoms with van der Waals surface area (Å²) in [5.74, 6) is 0.0585. The molecule has 13 heteroatoms. The van der Waals surface area contributed by atoms with Gasteiger partial charge in [0.1, 0.15) is 17.1 Å². The molecule has 1 saturated heterocycles. The van der Waals surface area contributed by atoms with Crippen LogP contribution in [-0.4, -0.2) is 51.4 Å². The van der Waals surface area contributed by atoms with Gasteiger partial charge < -0.3 is 24.8 Å². The Morgan fingerprint density at radius 3 is 2.53 bits per heavy atom. The first-order chi connectivity index (χ1) is 14.3. The van der Waals surface area contributed by atoms with Gasteiger partial charge in [-0.15, -0.1) is 0 Å². The van der Waals surface area contributed by atoms with Crippen LogP contribution in [0.15, 0.2) is 23.0 Å². The maximum Gasteiger partial charge on any atom is 1.00 e. The van der Waals surface area contributed by atoms with E-state index in [2.05, 4.69) is 9.97 Å². The van der Waals surface area contributed by atoms with Crippen molar-refractivity contribution in [2.24, 2.45) is 0 Å². The van der Waals surface area contributed by atoms with Gasteiger partial charge in [0.25, 0.3) is 5.56 Å². The van der Waals surface area contributed by atoms with Crippen LogP contribution in [0.3, 0.4) is 0 Å². The molecule has 1 fully saturated rings. The molecular weight excluding hydrogens is 460 g/mol. The molecule has 2 aromatic heterocycles. The summed E-state index contributed by atoms with van der Waals surface area (Å²) in [5, 5.41) is 10.4. The van der Waals surface area contributed by atoms with Crippen LogP contribution in [0.1, 0.15) is 22.5 Å². The first-order valence-corrected chi connectivity index (χ1v) is 10.1. The van der Waals surface area contributed by atoms with E-state index in [-0.39, 0.29) is 53.0 Å². The molecule has 32 heavy (non-hydrogen) atoms. The normalized spacial score (nSPS) is 14.2. The van der Waals surface area contributed by atoms with Gasteiger partial charge in [-0.1, -0.05) is 23.5 Å². The number of anilines is 1. The molecule has 2 N–H and O–H groups in total. The quantitative estimate of drug-likeness (QED) is 0.496. The average Bonchev–Trinajstić information content (AvgIpc) is 3.17. The number of rotatable bonds is 4. The Hall–Kier alpha value is -1.54. The standard InChI is InChI=1S/C19H19F3N4O3S.Na.H2O/c1-11-12(3-2-4-13(11)19(20,21)22)9-26-14(10-27)23-17(28)15-16(26)24-18(30-15)25-5-7-29-8-6-25;;/h2-4,27H,5-10H2,1H3;;1H2/q;+1;/p-1. The van der Waals surface area contributed by atoms with Crippen molar-refractivity contribution in [1.29, 1.82) is 0 Å². The number of aromatic nitrogens is 3. The van der Waals surface area contributed by atoms with Gasteiger partial charge in [-0.3, -0.25) is 4.79 Å². The average molecular weight is 480 g/mol. The molecule has 0 saturated carbocycles. The number of halogens is 3. The smallest absolute Gasteiger partial charge is 0.870 e. The Labute approximate surface area is 207 Å². The van der Waals surface area contributed by atoms with Crippen molar-refractivity contribution in [2.45, 2.75) is 26.3 Å².